The molecular weight excluding hydrogens is 322 g/mol. The summed E-state index contributed by atoms with van der Waals surface area (Å²) in [4.78, 5) is 6.28. The Kier molecular flexibility index (Phi) is 5.43. The van der Waals surface area contributed by atoms with Gasteiger partial charge in [-0.3, -0.25) is 4.90 Å². The van der Waals surface area contributed by atoms with Gasteiger partial charge in [0.15, 0.2) is 0 Å². The van der Waals surface area contributed by atoms with Gasteiger partial charge in [0.05, 0.1) is 6.04 Å². The highest BCUT2D eigenvalue weighted by Gasteiger charge is 2.34. The lowest BCUT2D eigenvalue weighted by Crippen LogP contribution is -2.45. The molecule has 1 aliphatic heterocycles. The van der Waals surface area contributed by atoms with E-state index in [9.17, 15) is 0 Å². The molecule has 0 aromatic carbocycles. The summed E-state index contributed by atoms with van der Waals surface area (Å²) in [6.45, 7) is 4.42. The van der Waals surface area contributed by atoms with Crippen LogP contribution >= 0.6 is 27.3 Å². The van der Waals surface area contributed by atoms with Crippen LogP contribution in [-0.2, 0) is 0 Å². The number of nitrogens with zero attached hydrogens (tertiary/aromatic N) is 2. The SMILES string of the molecule is CC(N)C(c1cc(Br)cs1)N1CCCC1CN(C)C. The number of likely N-dealkylation sites (N-methyl/N-ethyl adjacent to an activating group) is 1. The van der Waals surface area contributed by atoms with Crippen molar-refractivity contribution in [2.75, 3.05) is 27.2 Å². The Bertz CT molecular complexity index is 405. The lowest BCUT2D eigenvalue weighted by Gasteiger charge is -2.36. The van der Waals surface area contributed by atoms with Crippen LogP contribution in [-0.4, -0.2) is 49.1 Å². The van der Waals surface area contributed by atoms with Crippen LogP contribution in [0, 0.1) is 0 Å². The number of hydrogen-bond donors (Lipinski definition) is 1. The van der Waals surface area contributed by atoms with Gasteiger partial charge in [0.1, 0.15) is 0 Å². The van der Waals surface area contributed by atoms with Crippen molar-refractivity contribution < 1.29 is 0 Å². The molecule has 1 saturated heterocycles. The number of halogens is 1. The normalized spacial score (nSPS) is 24.0. The van der Waals surface area contributed by atoms with E-state index in [1.807, 2.05) is 11.3 Å². The number of thiophene rings is 1. The molecule has 5 heteroatoms. The van der Waals surface area contributed by atoms with Gasteiger partial charge in [-0.1, -0.05) is 0 Å². The molecule has 3 nitrogen and oxygen atoms in total. The third-order valence-electron chi connectivity index (χ3n) is 3.73. The maximum atomic E-state index is 6.29. The zero-order valence-corrected chi connectivity index (χ0v) is 14.4. The van der Waals surface area contributed by atoms with Crippen LogP contribution in [0.3, 0.4) is 0 Å². The molecule has 0 radical (unpaired) electrons. The van der Waals surface area contributed by atoms with Gasteiger partial charge in [0.2, 0.25) is 0 Å². The molecule has 0 spiro atoms. The fourth-order valence-electron chi connectivity index (χ4n) is 3.05. The van der Waals surface area contributed by atoms with Crippen molar-refractivity contribution in [2.45, 2.75) is 37.9 Å². The fourth-order valence-corrected chi connectivity index (χ4v) is 4.73. The van der Waals surface area contributed by atoms with Gasteiger partial charge in [0, 0.05) is 33.4 Å². The molecule has 1 fully saturated rings. The van der Waals surface area contributed by atoms with Crippen LogP contribution in [0.1, 0.15) is 30.7 Å². The van der Waals surface area contributed by atoms with Gasteiger partial charge in [-0.15, -0.1) is 11.3 Å². The number of hydrogen-bond acceptors (Lipinski definition) is 4. The van der Waals surface area contributed by atoms with Gasteiger partial charge in [-0.05, 0) is 62.4 Å². The van der Waals surface area contributed by atoms with Gasteiger partial charge in [0.25, 0.3) is 0 Å². The Labute approximate surface area is 128 Å². The number of rotatable bonds is 5. The predicted octanol–water partition coefficient (Wildman–Crippen LogP) is 2.92. The van der Waals surface area contributed by atoms with Crippen molar-refractivity contribution in [1.29, 1.82) is 0 Å². The summed E-state index contributed by atoms with van der Waals surface area (Å²) in [5, 5.41) is 2.15. The Hall–Kier alpha value is 0.0600. The molecule has 3 atom stereocenters. The smallest absolute Gasteiger partial charge is 0.0594 e. The van der Waals surface area contributed by atoms with E-state index in [0.717, 1.165) is 6.54 Å². The summed E-state index contributed by atoms with van der Waals surface area (Å²) >= 11 is 5.37. The number of likely N-dealkylation sites (tertiary alicyclic amines) is 1. The zero-order valence-electron chi connectivity index (χ0n) is 12.0. The van der Waals surface area contributed by atoms with E-state index >= 15 is 0 Å². The Morgan fingerprint density at radius 2 is 2.32 bits per heavy atom. The third kappa shape index (κ3) is 3.79. The molecule has 2 N–H and O–H groups in total. The monoisotopic (exact) mass is 345 g/mol. The van der Waals surface area contributed by atoms with Crippen molar-refractivity contribution in [1.82, 2.24) is 9.80 Å². The maximum Gasteiger partial charge on any atom is 0.0594 e. The molecule has 1 aliphatic rings. The van der Waals surface area contributed by atoms with Crippen molar-refractivity contribution in [2.24, 2.45) is 5.73 Å². The summed E-state index contributed by atoms with van der Waals surface area (Å²) in [6.07, 6.45) is 2.57. The second-order valence-electron chi connectivity index (χ2n) is 5.77. The van der Waals surface area contributed by atoms with Gasteiger partial charge in [-0.25, -0.2) is 0 Å². The molecule has 1 aromatic rings. The molecule has 0 bridgehead atoms. The molecule has 1 aromatic heterocycles. The Morgan fingerprint density at radius 3 is 2.84 bits per heavy atom. The number of nitrogens with two attached hydrogens (primary N) is 1. The fraction of sp³-hybridized carbons (Fsp3) is 0.714. The van der Waals surface area contributed by atoms with E-state index < -0.39 is 0 Å². The van der Waals surface area contributed by atoms with E-state index in [1.54, 1.807) is 0 Å². The molecule has 2 rings (SSSR count). The van der Waals surface area contributed by atoms with E-state index in [0.29, 0.717) is 12.1 Å². The van der Waals surface area contributed by atoms with Crippen LogP contribution < -0.4 is 5.73 Å². The topological polar surface area (TPSA) is 32.5 Å². The first-order valence-electron chi connectivity index (χ1n) is 6.89. The van der Waals surface area contributed by atoms with Crippen molar-refractivity contribution in [3.05, 3.63) is 20.8 Å². The molecule has 0 amide bonds. The minimum atomic E-state index is 0.160. The predicted molar refractivity (Wildman–Crippen MR) is 86.7 cm³/mol. The lowest BCUT2D eigenvalue weighted by atomic mass is 10.1. The highest BCUT2D eigenvalue weighted by Crippen LogP contribution is 2.35. The first-order valence-corrected chi connectivity index (χ1v) is 8.56. The summed E-state index contributed by atoms with van der Waals surface area (Å²) in [6, 6.07) is 3.37. The Balaban J connectivity index is 2.18. The lowest BCUT2D eigenvalue weighted by molar-refractivity contribution is 0.139. The summed E-state index contributed by atoms with van der Waals surface area (Å²) in [5.41, 5.74) is 6.29. The summed E-state index contributed by atoms with van der Waals surface area (Å²) < 4.78 is 1.17. The average molecular weight is 346 g/mol. The zero-order chi connectivity index (χ0) is 14.0. The highest BCUT2D eigenvalue weighted by molar-refractivity contribution is 9.10. The first-order chi connectivity index (χ1) is 8.99. The third-order valence-corrected chi connectivity index (χ3v) is 5.50. The van der Waals surface area contributed by atoms with E-state index in [1.165, 1.54) is 28.7 Å². The van der Waals surface area contributed by atoms with Crippen LogP contribution in [0.4, 0.5) is 0 Å². The van der Waals surface area contributed by atoms with Crippen molar-refractivity contribution >= 4 is 27.3 Å². The van der Waals surface area contributed by atoms with Crippen molar-refractivity contribution in [3.8, 4) is 0 Å². The first kappa shape index (κ1) is 15.4. The van der Waals surface area contributed by atoms with Crippen molar-refractivity contribution in [3.63, 3.8) is 0 Å². The van der Waals surface area contributed by atoms with Crippen LogP contribution in [0.2, 0.25) is 0 Å². The summed E-state index contributed by atoms with van der Waals surface area (Å²) in [7, 11) is 4.30. The molecule has 0 saturated carbocycles. The second-order valence-corrected chi connectivity index (χ2v) is 7.63. The average Bonchev–Trinajstić information content (AvgIpc) is 2.89. The maximum absolute atomic E-state index is 6.29. The van der Waals surface area contributed by atoms with E-state index in [-0.39, 0.29) is 6.04 Å². The van der Waals surface area contributed by atoms with Gasteiger partial charge >= 0.3 is 0 Å². The minimum absolute atomic E-state index is 0.160. The van der Waals surface area contributed by atoms with Crippen LogP contribution in [0.15, 0.2) is 15.9 Å². The van der Waals surface area contributed by atoms with Crippen LogP contribution in [0.25, 0.3) is 0 Å². The van der Waals surface area contributed by atoms with Gasteiger partial charge < -0.3 is 10.6 Å². The molecular formula is C14H24BrN3S. The molecule has 0 aliphatic carbocycles. The van der Waals surface area contributed by atoms with E-state index in [2.05, 4.69) is 58.2 Å². The Morgan fingerprint density at radius 1 is 1.58 bits per heavy atom. The van der Waals surface area contributed by atoms with Crippen LogP contribution in [0.5, 0.6) is 0 Å². The molecule has 2 heterocycles. The summed E-state index contributed by atoms with van der Waals surface area (Å²) in [5.74, 6) is 0. The standard InChI is InChI=1S/C14H24BrN3S/c1-10(16)14(13-7-11(15)9-19-13)18-6-4-5-12(18)8-17(2)3/h7,9-10,12,14H,4-6,8,16H2,1-3H3. The molecule has 3 unspecified atom stereocenters. The second kappa shape index (κ2) is 6.68. The largest absolute Gasteiger partial charge is 0.326 e. The minimum Gasteiger partial charge on any atom is -0.326 e. The molecule has 108 valence electrons. The highest BCUT2D eigenvalue weighted by atomic mass is 79.9. The molecule has 19 heavy (non-hydrogen) atoms. The van der Waals surface area contributed by atoms with Gasteiger partial charge in [-0.2, -0.15) is 0 Å². The quantitative estimate of drug-likeness (QED) is 0.890. The van der Waals surface area contributed by atoms with E-state index in [4.69, 9.17) is 5.73 Å².